The van der Waals surface area contributed by atoms with Crippen molar-refractivity contribution >= 4 is 28.9 Å². The molecule has 0 saturated heterocycles. The summed E-state index contributed by atoms with van der Waals surface area (Å²) in [5, 5.41) is 20.0. The molecule has 0 aliphatic rings. The van der Waals surface area contributed by atoms with Gasteiger partial charge in [0.1, 0.15) is 11.1 Å². The van der Waals surface area contributed by atoms with Crippen molar-refractivity contribution in [3.63, 3.8) is 0 Å². The normalized spacial score (nSPS) is 9.85. The van der Waals surface area contributed by atoms with Crippen LogP contribution in [-0.2, 0) is 0 Å². The van der Waals surface area contributed by atoms with Gasteiger partial charge >= 0.3 is 5.69 Å². The van der Waals surface area contributed by atoms with Gasteiger partial charge in [-0.15, -0.1) is 0 Å². The topological polar surface area (TPSA) is 89.0 Å². The molecule has 6 nitrogen and oxygen atoms in total. The molecule has 0 atom stereocenters. The van der Waals surface area contributed by atoms with E-state index in [4.69, 9.17) is 33.2 Å². The van der Waals surface area contributed by atoms with Crippen molar-refractivity contribution < 1.29 is 9.66 Å². The number of halogens is 2. The molecule has 20 heavy (non-hydrogen) atoms. The number of nitro benzene ring substituents is 1. The second-order valence-corrected chi connectivity index (χ2v) is 4.38. The molecular weight excluding hydrogens is 305 g/mol. The van der Waals surface area contributed by atoms with Crippen molar-refractivity contribution in [2.45, 2.75) is 0 Å². The monoisotopic (exact) mass is 309 g/mol. The number of hydrogen-bond acceptors (Lipinski definition) is 5. The molecule has 0 unspecified atom stereocenters. The smallest absolute Gasteiger partial charge is 0.311 e. The summed E-state index contributed by atoms with van der Waals surface area (Å²) in [6.07, 6.45) is 1.32. The summed E-state index contributed by atoms with van der Waals surface area (Å²) in [7, 11) is 0. The number of rotatable bonds is 3. The molecule has 0 spiro atoms. The number of pyridine rings is 1. The van der Waals surface area contributed by atoms with E-state index in [-0.39, 0.29) is 32.9 Å². The fourth-order valence-electron chi connectivity index (χ4n) is 1.41. The van der Waals surface area contributed by atoms with Gasteiger partial charge in [0.05, 0.1) is 10.5 Å². The third-order valence-electron chi connectivity index (χ3n) is 2.30. The lowest BCUT2D eigenvalue weighted by atomic mass is 10.3. The summed E-state index contributed by atoms with van der Waals surface area (Å²) < 4.78 is 5.30. The molecule has 8 heteroatoms. The molecule has 0 aliphatic carbocycles. The van der Waals surface area contributed by atoms with E-state index in [1.807, 2.05) is 6.07 Å². The third kappa shape index (κ3) is 2.79. The quantitative estimate of drug-likeness (QED) is 0.632. The Morgan fingerprint density at radius 3 is 2.75 bits per heavy atom. The minimum atomic E-state index is -0.617. The van der Waals surface area contributed by atoms with Gasteiger partial charge in [-0.1, -0.05) is 23.2 Å². The molecule has 1 heterocycles. The Morgan fingerprint density at radius 2 is 2.10 bits per heavy atom. The molecule has 1 aromatic heterocycles. The first-order valence-electron chi connectivity index (χ1n) is 5.19. The first kappa shape index (κ1) is 14.1. The SMILES string of the molecule is N#Cc1ccnc(Oc2cc(Cl)ccc2[N+](=O)[O-])c1Cl. The van der Waals surface area contributed by atoms with E-state index < -0.39 is 4.92 Å². The highest BCUT2D eigenvalue weighted by atomic mass is 35.5. The summed E-state index contributed by atoms with van der Waals surface area (Å²) in [6, 6.07) is 7.11. The van der Waals surface area contributed by atoms with Crippen LogP contribution >= 0.6 is 23.2 Å². The van der Waals surface area contributed by atoms with E-state index in [1.54, 1.807) is 0 Å². The Kier molecular flexibility index (Phi) is 4.03. The second kappa shape index (κ2) is 5.74. The molecule has 2 rings (SSSR count). The van der Waals surface area contributed by atoms with Crippen LogP contribution in [0, 0.1) is 21.4 Å². The van der Waals surface area contributed by atoms with E-state index >= 15 is 0 Å². The second-order valence-electron chi connectivity index (χ2n) is 3.56. The minimum Gasteiger partial charge on any atom is -0.430 e. The van der Waals surface area contributed by atoms with Gasteiger partial charge in [0.15, 0.2) is 0 Å². The van der Waals surface area contributed by atoms with Crippen LogP contribution in [-0.4, -0.2) is 9.91 Å². The first-order valence-corrected chi connectivity index (χ1v) is 5.95. The number of aromatic nitrogens is 1. The Morgan fingerprint density at radius 1 is 1.35 bits per heavy atom. The van der Waals surface area contributed by atoms with Crippen molar-refractivity contribution in [1.82, 2.24) is 4.98 Å². The fourth-order valence-corrected chi connectivity index (χ4v) is 1.76. The first-order chi connectivity index (χ1) is 9.52. The third-order valence-corrected chi connectivity index (χ3v) is 2.90. The van der Waals surface area contributed by atoms with Crippen molar-refractivity contribution in [3.05, 3.63) is 56.2 Å². The molecule has 0 radical (unpaired) electrons. The van der Waals surface area contributed by atoms with Crippen LogP contribution in [0.4, 0.5) is 5.69 Å². The summed E-state index contributed by atoms with van der Waals surface area (Å²) in [4.78, 5) is 14.1. The summed E-state index contributed by atoms with van der Waals surface area (Å²) in [5.41, 5.74) is -0.129. The van der Waals surface area contributed by atoms with Crippen molar-refractivity contribution in [2.75, 3.05) is 0 Å². The van der Waals surface area contributed by atoms with E-state index in [2.05, 4.69) is 4.98 Å². The van der Waals surface area contributed by atoms with Crippen LogP contribution in [0.5, 0.6) is 11.6 Å². The van der Waals surface area contributed by atoms with Crippen molar-refractivity contribution in [2.24, 2.45) is 0 Å². The molecule has 0 saturated carbocycles. The average Bonchev–Trinajstić information content (AvgIpc) is 2.41. The van der Waals surface area contributed by atoms with Crippen molar-refractivity contribution in [3.8, 4) is 17.7 Å². The van der Waals surface area contributed by atoms with Gasteiger partial charge in [0.25, 0.3) is 0 Å². The van der Waals surface area contributed by atoms with Crippen LogP contribution in [0.25, 0.3) is 0 Å². The molecule has 100 valence electrons. The van der Waals surface area contributed by atoms with Crippen LogP contribution in [0.3, 0.4) is 0 Å². The van der Waals surface area contributed by atoms with Gasteiger partial charge in [-0.05, 0) is 12.1 Å². The molecule has 2 aromatic rings. The van der Waals surface area contributed by atoms with Crippen LogP contribution in [0.15, 0.2) is 30.5 Å². The van der Waals surface area contributed by atoms with Gasteiger partial charge in [-0.3, -0.25) is 10.1 Å². The number of nitriles is 1. The number of ether oxygens (including phenoxy) is 1. The van der Waals surface area contributed by atoms with Crippen molar-refractivity contribution in [1.29, 1.82) is 5.26 Å². The Hall–Kier alpha value is -2.36. The molecular formula is C12H5Cl2N3O3. The zero-order valence-corrected chi connectivity index (χ0v) is 11.2. The number of nitrogens with zero attached hydrogens (tertiary/aromatic N) is 3. The zero-order valence-electron chi connectivity index (χ0n) is 9.71. The molecule has 0 aliphatic heterocycles. The Balaban J connectivity index is 2.48. The zero-order chi connectivity index (χ0) is 14.7. The van der Waals surface area contributed by atoms with E-state index in [0.717, 1.165) is 0 Å². The largest absolute Gasteiger partial charge is 0.430 e. The maximum absolute atomic E-state index is 10.9. The number of nitro groups is 1. The Labute approximate surface area is 123 Å². The predicted octanol–water partition coefficient (Wildman–Crippen LogP) is 3.96. The highest BCUT2D eigenvalue weighted by molar-refractivity contribution is 6.33. The molecule has 0 bridgehead atoms. The highest BCUT2D eigenvalue weighted by Gasteiger charge is 2.18. The maximum atomic E-state index is 10.9. The standard InChI is InChI=1S/C12H5Cl2N3O3/c13-8-1-2-9(17(18)19)10(5-8)20-12-11(14)7(6-15)3-4-16-12/h1-5H. The van der Waals surface area contributed by atoms with E-state index in [0.29, 0.717) is 0 Å². The van der Waals surface area contributed by atoms with Gasteiger partial charge in [-0.2, -0.15) is 5.26 Å². The molecule has 0 N–H and O–H groups in total. The van der Waals surface area contributed by atoms with Gasteiger partial charge < -0.3 is 4.74 Å². The molecule has 0 amide bonds. The van der Waals surface area contributed by atoms with Gasteiger partial charge in [0, 0.05) is 23.4 Å². The van der Waals surface area contributed by atoms with E-state index in [9.17, 15) is 10.1 Å². The summed E-state index contributed by atoms with van der Waals surface area (Å²) in [6.45, 7) is 0. The fraction of sp³-hybridized carbons (Fsp3) is 0. The van der Waals surface area contributed by atoms with Crippen LogP contribution in [0.2, 0.25) is 10.0 Å². The van der Waals surface area contributed by atoms with Gasteiger partial charge in [-0.25, -0.2) is 4.98 Å². The highest BCUT2D eigenvalue weighted by Crippen LogP contribution is 2.36. The average molecular weight is 310 g/mol. The maximum Gasteiger partial charge on any atom is 0.311 e. The van der Waals surface area contributed by atoms with E-state index in [1.165, 1.54) is 30.5 Å². The molecule has 1 aromatic carbocycles. The summed E-state index contributed by atoms with van der Waals surface area (Å²) in [5.74, 6) is -0.205. The number of benzene rings is 1. The Bertz CT molecular complexity index is 728. The molecule has 0 fully saturated rings. The van der Waals surface area contributed by atoms with Crippen LogP contribution in [0.1, 0.15) is 5.56 Å². The predicted molar refractivity (Wildman–Crippen MR) is 72.1 cm³/mol. The lowest BCUT2D eigenvalue weighted by Crippen LogP contribution is -1.96. The van der Waals surface area contributed by atoms with Gasteiger partial charge in [0.2, 0.25) is 11.6 Å². The minimum absolute atomic E-state index is 0.0238. The summed E-state index contributed by atoms with van der Waals surface area (Å²) >= 11 is 11.7. The van der Waals surface area contributed by atoms with Crippen LogP contribution < -0.4 is 4.74 Å². The number of hydrogen-bond donors (Lipinski definition) is 0. The lowest BCUT2D eigenvalue weighted by Gasteiger charge is -2.07. The lowest BCUT2D eigenvalue weighted by molar-refractivity contribution is -0.385.